The van der Waals surface area contributed by atoms with E-state index in [0.717, 1.165) is 38.1 Å². The summed E-state index contributed by atoms with van der Waals surface area (Å²) in [7, 11) is 0. The summed E-state index contributed by atoms with van der Waals surface area (Å²) in [6, 6.07) is 0.735. The number of carbonyl (C=O) groups is 1. The summed E-state index contributed by atoms with van der Waals surface area (Å²) in [5.74, 6) is 1.09. The van der Waals surface area contributed by atoms with Gasteiger partial charge in [-0.1, -0.05) is 0 Å². The summed E-state index contributed by atoms with van der Waals surface area (Å²) in [6.07, 6.45) is 5.46. The zero-order chi connectivity index (χ0) is 15.5. The van der Waals surface area contributed by atoms with Crippen LogP contribution in [0.3, 0.4) is 0 Å². The van der Waals surface area contributed by atoms with Crippen LogP contribution in [0.15, 0.2) is 0 Å². The Labute approximate surface area is 134 Å². The normalized spacial score (nSPS) is 35.0. The summed E-state index contributed by atoms with van der Waals surface area (Å²) in [4.78, 5) is 16.8. The van der Waals surface area contributed by atoms with Gasteiger partial charge in [0.25, 0.3) is 0 Å². The van der Waals surface area contributed by atoms with E-state index in [4.69, 9.17) is 4.74 Å². The fraction of sp³-hybridized carbons (Fsp3) is 0.941. The first-order valence-corrected chi connectivity index (χ1v) is 9.01. The SMILES string of the molecule is CC1CN(C(=O)CN2CCC(C3CCCN3)CC2)CC(C)O1. The Kier molecular flexibility index (Phi) is 5.37. The van der Waals surface area contributed by atoms with E-state index in [1.54, 1.807) is 0 Å². The summed E-state index contributed by atoms with van der Waals surface area (Å²) in [5, 5.41) is 3.64. The Balaban J connectivity index is 1.43. The number of nitrogens with zero attached hydrogens (tertiary/aromatic N) is 2. The quantitative estimate of drug-likeness (QED) is 0.847. The third kappa shape index (κ3) is 4.00. The molecule has 3 fully saturated rings. The molecule has 0 aromatic heterocycles. The summed E-state index contributed by atoms with van der Waals surface area (Å²) < 4.78 is 5.71. The van der Waals surface area contributed by atoms with Crippen LogP contribution in [0.5, 0.6) is 0 Å². The van der Waals surface area contributed by atoms with E-state index in [9.17, 15) is 4.79 Å². The molecule has 3 rings (SSSR count). The van der Waals surface area contributed by atoms with Crippen molar-refractivity contribution in [1.82, 2.24) is 15.1 Å². The van der Waals surface area contributed by atoms with E-state index in [0.29, 0.717) is 6.54 Å². The molecule has 5 heteroatoms. The monoisotopic (exact) mass is 309 g/mol. The van der Waals surface area contributed by atoms with Crippen LogP contribution in [-0.2, 0) is 9.53 Å². The van der Waals surface area contributed by atoms with Crippen molar-refractivity contribution in [2.75, 3.05) is 39.3 Å². The van der Waals surface area contributed by atoms with Gasteiger partial charge in [-0.05, 0) is 65.1 Å². The summed E-state index contributed by atoms with van der Waals surface area (Å²) in [5.41, 5.74) is 0. The highest BCUT2D eigenvalue weighted by atomic mass is 16.5. The number of hydrogen-bond donors (Lipinski definition) is 1. The van der Waals surface area contributed by atoms with Crippen LogP contribution in [0.25, 0.3) is 0 Å². The molecule has 5 nitrogen and oxygen atoms in total. The topological polar surface area (TPSA) is 44.8 Å². The van der Waals surface area contributed by atoms with Gasteiger partial charge in [0, 0.05) is 19.1 Å². The minimum absolute atomic E-state index is 0.159. The number of hydrogen-bond acceptors (Lipinski definition) is 4. The van der Waals surface area contributed by atoms with Crippen molar-refractivity contribution in [1.29, 1.82) is 0 Å². The third-order valence-electron chi connectivity index (χ3n) is 5.43. The summed E-state index contributed by atoms with van der Waals surface area (Å²) >= 11 is 0. The highest BCUT2D eigenvalue weighted by Crippen LogP contribution is 2.25. The van der Waals surface area contributed by atoms with Crippen LogP contribution >= 0.6 is 0 Å². The molecular formula is C17H31N3O2. The molecule has 3 aliphatic rings. The van der Waals surface area contributed by atoms with E-state index in [2.05, 4.69) is 24.1 Å². The van der Waals surface area contributed by atoms with E-state index in [-0.39, 0.29) is 18.1 Å². The minimum Gasteiger partial charge on any atom is -0.372 e. The maximum absolute atomic E-state index is 12.5. The lowest BCUT2D eigenvalue weighted by molar-refractivity contribution is -0.144. The molecule has 0 saturated carbocycles. The highest BCUT2D eigenvalue weighted by molar-refractivity contribution is 5.78. The second-order valence-electron chi connectivity index (χ2n) is 7.37. The number of morpholine rings is 1. The van der Waals surface area contributed by atoms with Crippen molar-refractivity contribution in [2.24, 2.45) is 5.92 Å². The Hall–Kier alpha value is -0.650. The van der Waals surface area contributed by atoms with Gasteiger partial charge in [-0.25, -0.2) is 0 Å². The lowest BCUT2D eigenvalue weighted by atomic mass is 9.88. The van der Waals surface area contributed by atoms with Crippen molar-refractivity contribution >= 4 is 5.91 Å². The average Bonchev–Trinajstić information content (AvgIpc) is 3.01. The van der Waals surface area contributed by atoms with Gasteiger partial charge < -0.3 is 15.0 Å². The molecule has 0 spiro atoms. The van der Waals surface area contributed by atoms with E-state index >= 15 is 0 Å². The third-order valence-corrected chi connectivity index (χ3v) is 5.43. The Morgan fingerprint density at radius 3 is 2.41 bits per heavy atom. The lowest BCUT2D eigenvalue weighted by Gasteiger charge is -2.38. The van der Waals surface area contributed by atoms with Crippen molar-refractivity contribution in [3.8, 4) is 0 Å². The molecule has 1 amide bonds. The van der Waals surface area contributed by atoms with Crippen LogP contribution in [0.2, 0.25) is 0 Å². The van der Waals surface area contributed by atoms with Crippen molar-refractivity contribution < 1.29 is 9.53 Å². The fourth-order valence-corrected chi connectivity index (χ4v) is 4.30. The molecule has 3 atom stereocenters. The largest absolute Gasteiger partial charge is 0.372 e. The van der Waals surface area contributed by atoms with Gasteiger partial charge in [-0.3, -0.25) is 9.69 Å². The fourth-order valence-electron chi connectivity index (χ4n) is 4.30. The van der Waals surface area contributed by atoms with E-state index in [1.807, 2.05) is 4.90 Å². The second-order valence-corrected chi connectivity index (χ2v) is 7.37. The van der Waals surface area contributed by atoms with Gasteiger partial charge >= 0.3 is 0 Å². The molecule has 0 aromatic rings. The molecule has 0 aliphatic carbocycles. The van der Waals surface area contributed by atoms with Gasteiger partial charge in [-0.2, -0.15) is 0 Å². The lowest BCUT2D eigenvalue weighted by Crippen LogP contribution is -2.52. The number of rotatable bonds is 3. The molecule has 3 unspecified atom stereocenters. The van der Waals surface area contributed by atoms with Crippen LogP contribution in [0, 0.1) is 5.92 Å². The molecule has 0 aromatic carbocycles. The van der Waals surface area contributed by atoms with Crippen molar-refractivity contribution in [3.63, 3.8) is 0 Å². The second kappa shape index (κ2) is 7.28. The van der Waals surface area contributed by atoms with Gasteiger partial charge in [0.2, 0.25) is 5.91 Å². The standard InChI is InChI=1S/C17H31N3O2/c1-13-10-20(11-14(2)22-13)17(21)12-19-8-5-15(6-9-19)16-4-3-7-18-16/h13-16,18H,3-12H2,1-2H3. The zero-order valence-corrected chi connectivity index (χ0v) is 14.1. The zero-order valence-electron chi connectivity index (χ0n) is 14.1. The number of amides is 1. The molecule has 0 radical (unpaired) electrons. The average molecular weight is 309 g/mol. The van der Waals surface area contributed by atoms with Crippen LogP contribution in [0.1, 0.15) is 39.5 Å². The van der Waals surface area contributed by atoms with Crippen LogP contribution in [0.4, 0.5) is 0 Å². The molecule has 1 N–H and O–H groups in total. The summed E-state index contributed by atoms with van der Waals surface area (Å²) in [6.45, 7) is 9.51. The molecule has 3 saturated heterocycles. The van der Waals surface area contributed by atoms with Gasteiger partial charge in [0.1, 0.15) is 0 Å². The van der Waals surface area contributed by atoms with Crippen molar-refractivity contribution in [2.45, 2.75) is 57.8 Å². The van der Waals surface area contributed by atoms with Crippen molar-refractivity contribution in [3.05, 3.63) is 0 Å². The Bertz CT molecular complexity index is 366. The highest BCUT2D eigenvalue weighted by Gasteiger charge is 2.31. The van der Waals surface area contributed by atoms with Gasteiger partial charge in [0.15, 0.2) is 0 Å². The molecule has 126 valence electrons. The molecule has 0 bridgehead atoms. The number of ether oxygens (including phenoxy) is 1. The predicted molar refractivity (Wildman–Crippen MR) is 86.8 cm³/mol. The maximum atomic E-state index is 12.5. The number of likely N-dealkylation sites (tertiary alicyclic amines) is 1. The van der Waals surface area contributed by atoms with E-state index in [1.165, 1.54) is 32.2 Å². The van der Waals surface area contributed by atoms with E-state index < -0.39 is 0 Å². The molecule has 22 heavy (non-hydrogen) atoms. The van der Waals surface area contributed by atoms with Gasteiger partial charge in [-0.15, -0.1) is 0 Å². The maximum Gasteiger partial charge on any atom is 0.236 e. The first-order chi connectivity index (χ1) is 10.6. The van der Waals surface area contributed by atoms with Crippen LogP contribution in [-0.4, -0.2) is 73.2 Å². The molecule has 3 heterocycles. The first-order valence-electron chi connectivity index (χ1n) is 9.01. The Morgan fingerprint density at radius 1 is 1.14 bits per heavy atom. The minimum atomic E-state index is 0.159. The predicted octanol–water partition coefficient (Wildman–Crippen LogP) is 1.09. The smallest absolute Gasteiger partial charge is 0.236 e. The Morgan fingerprint density at radius 2 is 1.82 bits per heavy atom. The molecular weight excluding hydrogens is 278 g/mol. The molecule has 3 aliphatic heterocycles. The number of carbonyl (C=O) groups excluding carboxylic acids is 1. The number of nitrogens with one attached hydrogen (secondary N) is 1. The van der Waals surface area contributed by atoms with Gasteiger partial charge in [0.05, 0.1) is 18.8 Å². The number of piperidine rings is 1. The van der Waals surface area contributed by atoms with Crippen LogP contribution < -0.4 is 5.32 Å². The first kappa shape index (κ1) is 16.2.